The topological polar surface area (TPSA) is 39.7 Å². The van der Waals surface area contributed by atoms with Crippen molar-refractivity contribution in [3.05, 3.63) is 53.6 Å². The maximum Gasteiger partial charge on any atom is 0.231 e. The summed E-state index contributed by atoms with van der Waals surface area (Å²) in [7, 11) is 1.70. The Morgan fingerprint density at radius 2 is 1.74 bits per heavy atom. The summed E-state index contributed by atoms with van der Waals surface area (Å²) in [4.78, 5) is 0. The third-order valence-corrected chi connectivity index (χ3v) is 5.12. The lowest BCUT2D eigenvalue weighted by atomic mass is 9.88. The van der Waals surface area contributed by atoms with Gasteiger partial charge < -0.3 is 19.5 Å². The van der Waals surface area contributed by atoms with Crippen molar-refractivity contribution >= 4 is 0 Å². The highest BCUT2D eigenvalue weighted by molar-refractivity contribution is 5.45. The third kappa shape index (κ3) is 5.64. The second-order valence-corrected chi connectivity index (χ2v) is 7.59. The van der Waals surface area contributed by atoms with Gasteiger partial charge in [0.1, 0.15) is 5.75 Å². The zero-order chi connectivity index (χ0) is 19.1. The van der Waals surface area contributed by atoms with Gasteiger partial charge in [0, 0.05) is 6.54 Å². The van der Waals surface area contributed by atoms with Crippen molar-refractivity contribution in [2.45, 2.75) is 45.6 Å². The van der Waals surface area contributed by atoms with Crippen LogP contribution in [0.3, 0.4) is 0 Å². The van der Waals surface area contributed by atoms with E-state index in [-0.39, 0.29) is 0 Å². The van der Waals surface area contributed by atoms with Crippen LogP contribution in [0.15, 0.2) is 42.5 Å². The molecule has 27 heavy (non-hydrogen) atoms. The van der Waals surface area contributed by atoms with Crippen LogP contribution in [0, 0.1) is 5.92 Å². The minimum atomic E-state index is 0.332. The first-order valence-corrected chi connectivity index (χ1v) is 9.89. The molecule has 2 aromatic carbocycles. The van der Waals surface area contributed by atoms with E-state index in [1.54, 1.807) is 7.11 Å². The normalized spacial score (nSPS) is 13.8. The molecule has 1 aliphatic heterocycles. The second-order valence-electron chi connectivity index (χ2n) is 7.59. The summed E-state index contributed by atoms with van der Waals surface area (Å²) in [6.07, 6.45) is 3.54. The van der Waals surface area contributed by atoms with Crippen LogP contribution in [-0.4, -0.2) is 20.4 Å². The van der Waals surface area contributed by atoms with Crippen LogP contribution in [0.4, 0.5) is 0 Å². The van der Waals surface area contributed by atoms with Gasteiger partial charge in [-0.25, -0.2) is 0 Å². The molecule has 1 N–H and O–H groups in total. The van der Waals surface area contributed by atoms with Crippen LogP contribution in [-0.2, 0) is 6.54 Å². The first kappa shape index (κ1) is 19.6. The fourth-order valence-corrected chi connectivity index (χ4v) is 3.43. The van der Waals surface area contributed by atoms with E-state index in [2.05, 4.69) is 43.4 Å². The van der Waals surface area contributed by atoms with Gasteiger partial charge in [-0.05, 0) is 66.6 Å². The zero-order valence-corrected chi connectivity index (χ0v) is 16.7. The van der Waals surface area contributed by atoms with E-state index in [0.717, 1.165) is 36.8 Å². The zero-order valence-electron chi connectivity index (χ0n) is 16.7. The summed E-state index contributed by atoms with van der Waals surface area (Å²) in [5, 5.41) is 3.58. The van der Waals surface area contributed by atoms with E-state index in [0.29, 0.717) is 18.6 Å². The SMILES string of the molecule is COc1ccc(CNCCC(CCC(C)C)c2ccc3c(c2)OCO3)cc1. The van der Waals surface area contributed by atoms with Crippen molar-refractivity contribution < 1.29 is 14.2 Å². The van der Waals surface area contributed by atoms with Crippen LogP contribution in [0.1, 0.15) is 50.2 Å². The fourth-order valence-electron chi connectivity index (χ4n) is 3.43. The van der Waals surface area contributed by atoms with E-state index in [1.807, 2.05) is 18.2 Å². The Kier molecular flexibility index (Phi) is 6.99. The largest absolute Gasteiger partial charge is 0.497 e. The molecule has 0 aromatic heterocycles. The maximum atomic E-state index is 5.57. The number of ether oxygens (including phenoxy) is 3. The van der Waals surface area contributed by atoms with Gasteiger partial charge in [-0.3, -0.25) is 0 Å². The van der Waals surface area contributed by atoms with Gasteiger partial charge >= 0.3 is 0 Å². The highest BCUT2D eigenvalue weighted by Gasteiger charge is 2.18. The minimum absolute atomic E-state index is 0.332. The minimum Gasteiger partial charge on any atom is -0.497 e. The Hall–Kier alpha value is -2.20. The standard InChI is InChI=1S/C23H31NO3/c1-17(2)4-7-19(20-8-11-22-23(14-20)27-16-26-22)12-13-24-15-18-5-9-21(25-3)10-6-18/h5-6,8-11,14,17,19,24H,4,7,12-13,15-16H2,1-3H3. The number of nitrogens with one attached hydrogen (secondary N) is 1. The number of methoxy groups -OCH3 is 1. The lowest BCUT2D eigenvalue weighted by molar-refractivity contribution is 0.174. The Bertz CT molecular complexity index is 712. The molecule has 1 atom stereocenters. The Labute approximate surface area is 162 Å². The number of hydrogen-bond acceptors (Lipinski definition) is 4. The van der Waals surface area contributed by atoms with Gasteiger partial charge in [0.25, 0.3) is 0 Å². The summed E-state index contributed by atoms with van der Waals surface area (Å²) in [5.41, 5.74) is 2.63. The maximum absolute atomic E-state index is 5.57. The van der Waals surface area contributed by atoms with Gasteiger partial charge in [-0.15, -0.1) is 0 Å². The lowest BCUT2D eigenvalue weighted by Gasteiger charge is -2.19. The van der Waals surface area contributed by atoms with Crippen LogP contribution >= 0.6 is 0 Å². The smallest absolute Gasteiger partial charge is 0.231 e. The Morgan fingerprint density at radius 1 is 0.963 bits per heavy atom. The molecule has 0 saturated carbocycles. The molecule has 2 aromatic rings. The molecule has 1 heterocycles. The molecule has 0 aliphatic carbocycles. The molecule has 0 amide bonds. The van der Waals surface area contributed by atoms with Crippen molar-refractivity contribution in [1.82, 2.24) is 5.32 Å². The highest BCUT2D eigenvalue weighted by atomic mass is 16.7. The molecule has 0 bridgehead atoms. The van der Waals surface area contributed by atoms with E-state index in [1.165, 1.54) is 24.0 Å². The van der Waals surface area contributed by atoms with E-state index in [9.17, 15) is 0 Å². The molecule has 3 rings (SSSR count). The molecule has 1 unspecified atom stereocenters. The molecule has 1 aliphatic rings. The van der Waals surface area contributed by atoms with Crippen molar-refractivity contribution in [3.63, 3.8) is 0 Å². The van der Waals surface area contributed by atoms with Crippen molar-refractivity contribution in [2.75, 3.05) is 20.4 Å². The number of fused-ring (bicyclic) bond motifs is 1. The van der Waals surface area contributed by atoms with Gasteiger partial charge in [0.15, 0.2) is 11.5 Å². The second kappa shape index (κ2) is 9.65. The lowest BCUT2D eigenvalue weighted by Crippen LogP contribution is -2.17. The summed E-state index contributed by atoms with van der Waals surface area (Å²) in [5.74, 6) is 3.89. The number of rotatable bonds is 10. The van der Waals surface area contributed by atoms with Crippen LogP contribution in [0.2, 0.25) is 0 Å². The van der Waals surface area contributed by atoms with Crippen LogP contribution in [0.5, 0.6) is 17.2 Å². The van der Waals surface area contributed by atoms with Gasteiger partial charge in [-0.2, -0.15) is 0 Å². The van der Waals surface area contributed by atoms with Crippen LogP contribution < -0.4 is 19.5 Å². The van der Waals surface area contributed by atoms with E-state index >= 15 is 0 Å². The van der Waals surface area contributed by atoms with Gasteiger partial charge in [0.2, 0.25) is 6.79 Å². The summed E-state index contributed by atoms with van der Waals surface area (Å²) in [6, 6.07) is 14.6. The predicted molar refractivity (Wildman–Crippen MR) is 109 cm³/mol. The molecule has 0 spiro atoms. The highest BCUT2D eigenvalue weighted by Crippen LogP contribution is 2.37. The molecule has 146 valence electrons. The monoisotopic (exact) mass is 369 g/mol. The van der Waals surface area contributed by atoms with Crippen LogP contribution in [0.25, 0.3) is 0 Å². The Balaban J connectivity index is 1.54. The molecule has 0 saturated heterocycles. The first-order chi connectivity index (χ1) is 13.2. The van der Waals surface area contributed by atoms with Crippen molar-refractivity contribution in [1.29, 1.82) is 0 Å². The fraction of sp³-hybridized carbons (Fsp3) is 0.478. The number of hydrogen-bond donors (Lipinski definition) is 1. The average molecular weight is 370 g/mol. The van der Waals surface area contributed by atoms with E-state index < -0.39 is 0 Å². The molecule has 0 radical (unpaired) electrons. The molecule has 0 fully saturated rings. The van der Waals surface area contributed by atoms with E-state index in [4.69, 9.17) is 14.2 Å². The Morgan fingerprint density at radius 3 is 2.48 bits per heavy atom. The van der Waals surface area contributed by atoms with Gasteiger partial charge in [0.05, 0.1) is 7.11 Å². The summed E-state index contributed by atoms with van der Waals surface area (Å²) >= 11 is 0. The first-order valence-electron chi connectivity index (χ1n) is 9.89. The molecular weight excluding hydrogens is 338 g/mol. The molecule has 4 nitrogen and oxygen atoms in total. The third-order valence-electron chi connectivity index (χ3n) is 5.12. The molecular formula is C23H31NO3. The number of benzene rings is 2. The predicted octanol–water partition coefficient (Wildman–Crippen LogP) is 5.12. The summed E-state index contributed by atoms with van der Waals surface area (Å²) < 4.78 is 16.2. The van der Waals surface area contributed by atoms with Gasteiger partial charge in [-0.1, -0.05) is 38.5 Å². The summed E-state index contributed by atoms with van der Waals surface area (Å²) in [6.45, 7) is 6.78. The average Bonchev–Trinajstić information content (AvgIpc) is 3.15. The quantitative estimate of drug-likeness (QED) is 0.590. The molecule has 4 heteroatoms. The van der Waals surface area contributed by atoms with Crippen molar-refractivity contribution in [3.8, 4) is 17.2 Å². The van der Waals surface area contributed by atoms with Crippen molar-refractivity contribution in [2.24, 2.45) is 5.92 Å².